The third kappa shape index (κ3) is 4.41. The fraction of sp³-hybridized carbons (Fsp3) is 0.167. The fourth-order valence-electron chi connectivity index (χ4n) is 2.63. The Balaban J connectivity index is 1.67. The molecule has 0 fully saturated rings. The number of halogens is 2. The van der Waals surface area contributed by atoms with Crippen molar-refractivity contribution in [1.82, 2.24) is 25.1 Å². The molecular weight excluding hydrogens is 401 g/mol. The molecule has 11 heteroatoms. The maximum Gasteiger partial charge on any atom is 0.284 e. The van der Waals surface area contributed by atoms with Crippen molar-refractivity contribution in [3.8, 4) is 17.3 Å². The average molecular weight is 416 g/mol. The summed E-state index contributed by atoms with van der Waals surface area (Å²) in [6.07, 6.45) is 2.89. The highest BCUT2D eigenvalue weighted by molar-refractivity contribution is 6.32. The number of nitriles is 1. The van der Waals surface area contributed by atoms with Gasteiger partial charge in [0.05, 0.1) is 23.5 Å². The topological polar surface area (TPSA) is 142 Å². The van der Waals surface area contributed by atoms with Crippen LogP contribution in [0.2, 0.25) is 5.02 Å². The number of imidazole rings is 1. The van der Waals surface area contributed by atoms with Gasteiger partial charge in [-0.05, 0) is 25.1 Å². The van der Waals surface area contributed by atoms with Crippen molar-refractivity contribution in [2.45, 2.75) is 19.5 Å². The van der Waals surface area contributed by atoms with Crippen molar-refractivity contribution >= 4 is 23.4 Å². The Kier molecular flexibility index (Phi) is 5.61. The first-order valence-corrected chi connectivity index (χ1v) is 8.75. The predicted octanol–water partition coefficient (Wildman–Crippen LogP) is 1.85. The molecule has 3 rings (SSSR count). The summed E-state index contributed by atoms with van der Waals surface area (Å²) in [6.45, 7) is 2.10. The molecular formula is C18H15ClFN7O2. The highest BCUT2D eigenvalue weighted by Gasteiger charge is 2.16. The second kappa shape index (κ2) is 8.12. The Morgan fingerprint density at radius 2 is 2.24 bits per heavy atom. The summed E-state index contributed by atoms with van der Waals surface area (Å²) in [5.41, 5.74) is 5.88. The standard InChI is InChI=1S/C18H15ClFN7O2/c1-9(24-18(29)15-7-23-17(25-15)16(22)28)8-27-3-2-14(26-27)10-4-12(19)11(6-21)13(20)5-10/h2-5,7,9H,8H2,1H3,(H2,22,28)(H,23,25)(H,24,29)/t9-/m0/s1. The van der Waals surface area contributed by atoms with Gasteiger partial charge in [0.1, 0.15) is 23.1 Å². The third-order valence-electron chi connectivity index (χ3n) is 3.98. The molecule has 0 aliphatic heterocycles. The number of carbonyl (C=O) groups excluding carboxylic acids is 2. The van der Waals surface area contributed by atoms with E-state index >= 15 is 0 Å². The summed E-state index contributed by atoms with van der Waals surface area (Å²) in [7, 11) is 0. The number of hydrogen-bond donors (Lipinski definition) is 3. The van der Waals surface area contributed by atoms with E-state index in [0.29, 0.717) is 17.8 Å². The number of H-pyrrole nitrogens is 1. The first kappa shape index (κ1) is 20.0. The van der Waals surface area contributed by atoms with Gasteiger partial charge in [0, 0.05) is 17.8 Å². The minimum absolute atomic E-state index is 0.00701. The average Bonchev–Trinajstić information content (AvgIpc) is 3.31. The Hall–Kier alpha value is -3.71. The van der Waals surface area contributed by atoms with E-state index in [4.69, 9.17) is 22.6 Å². The highest BCUT2D eigenvalue weighted by Crippen LogP contribution is 2.26. The van der Waals surface area contributed by atoms with Gasteiger partial charge in [-0.25, -0.2) is 9.37 Å². The van der Waals surface area contributed by atoms with Crippen molar-refractivity contribution in [3.63, 3.8) is 0 Å². The Morgan fingerprint density at radius 3 is 2.86 bits per heavy atom. The predicted molar refractivity (Wildman–Crippen MR) is 101 cm³/mol. The van der Waals surface area contributed by atoms with Crippen LogP contribution in [0.4, 0.5) is 4.39 Å². The number of aromatic nitrogens is 4. The first-order chi connectivity index (χ1) is 13.8. The molecule has 0 aliphatic carbocycles. The van der Waals surface area contributed by atoms with Gasteiger partial charge in [-0.3, -0.25) is 14.3 Å². The number of rotatable bonds is 6. The summed E-state index contributed by atoms with van der Waals surface area (Å²) < 4.78 is 15.5. The number of nitrogens with two attached hydrogens (primary N) is 1. The molecule has 2 heterocycles. The molecule has 1 aromatic carbocycles. The van der Waals surface area contributed by atoms with E-state index in [2.05, 4.69) is 20.4 Å². The number of benzene rings is 1. The normalized spacial score (nSPS) is 11.7. The highest BCUT2D eigenvalue weighted by atomic mass is 35.5. The Labute approximate surface area is 169 Å². The smallest absolute Gasteiger partial charge is 0.284 e. The molecule has 2 aromatic heterocycles. The van der Waals surface area contributed by atoms with Crippen molar-refractivity contribution in [1.29, 1.82) is 5.26 Å². The van der Waals surface area contributed by atoms with Gasteiger partial charge in [-0.1, -0.05) is 11.6 Å². The zero-order chi connectivity index (χ0) is 21.1. The van der Waals surface area contributed by atoms with Gasteiger partial charge in [0.15, 0.2) is 5.82 Å². The summed E-state index contributed by atoms with van der Waals surface area (Å²) in [5, 5.41) is 16.0. The van der Waals surface area contributed by atoms with E-state index in [9.17, 15) is 14.0 Å². The molecule has 0 radical (unpaired) electrons. The van der Waals surface area contributed by atoms with E-state index < -0.39 is 17.6 Å². The zero-order valence-corrected chi connectivity index (χ0v) is 15.9. The molecule has 1 atom stereocenters. The second-order valence-electron chi connectivity index (χ2n) is 6.23. The van der Waals surface area contributed by atoms with Crippen LogP contribution in [0.15, 0.2) is 30.6 Å². The van der Waals surface area contributed by atoms with Crippen LogP contribution in [-0.2, 0) is 6.54 Å². The lowest BCUT2D eigenvalue weighted by molar-refractivity contribution is 0.0931. The molecule has 0 spiro atoms. The van der Waals surface area contributed by atoms with Crippen LogP contribution in [0.3, 0.4) is 0 Å². The minimum Gasteiger partial charge on any atom is -0.363 e. The van der Waals surface area contributed by atoms with Gasteiger partial charge < -0.3 is 16.0 Å². The van der Waals surface area contributed by atoms with Crippen LogP contribution >= 0.6 is 11.6 Å². The molecule has 0 unspecified atom stereocenters. The van der Waals surface area contributed by atoms with E-state index in [-0.39, 0.29) is 28.1 Å². The van der Waals surface area contributed by atoms with Gasteiger partial charge >= 0.3 is 0 Å². The minimum atomic E-state index is -0.763. The van der Waals surface area contributed by atoms with E-state index in [1.807, 2.05) is 0 Å². The lowest BCUT2D eigenvalue weighted by Crippen LogP contribution is -2.36. The molecule has 4 N–H and O–H groups in total. The van der Waals surface area contributed by atoms with E-state index in [1.54, 1.807) is 29.9 Å². The third-order valence-corrected chi connectivity index (χ3v) is 4.28. The van der Waals surface area contributed by atoms with Crippen LogP contribution in [0.25, 0.3) is 11.3 Å². The van der Waals surface area contributed by atoms with E-state index in [0.717, 1.165) is 0 Å². The van der Waals surface area contributed by atoms with Gasteiger partial charge in [-0.2, -0.15) is 10.4 Å². The number of aromatic amines is 1. The molecule has 148 valence electrons. The number of primary amides is 1. The SMILES string of the molecule is C[C@@H](Cn1ccc(-c2cc(F)c(C#N)c(Cl)c2)n1)NC(=O)c1cnc(C(N)=O)[nH]1. The molecule has 0 saturated carbocycles. The van der Waals surface area contributed by atoms with Gasteiger partial charge in [0.2, 0.25) is 0 Å². The monoisotopic (exact) mass is 415 g/mol. The number of nitrogens with one attached hydrogen (secondary N) is 2. The van der Waals surface area contributed by atoms with Crippen LogP contribution in [0, 0.1) is 17.1 Å². The second-order valence-corrected chi connectivity index (χ2v) is 6.64. The maximum absolute atomic E-state index is 13.9. The first-order valence-electron chi connectivity index (χ1n) is 8.37. The Bertz CT molecular complexity index is 1110. The number of nitrogens with zero attached hydrogens (tertiary/aromatic N) is 4. The van der Waals surface area contributed by atoms with Gasteiger partial charge in [0.25, 0.3) is 11.8 Å². The van der Waals surface area contributed by atoms with E-state index in [1.165, 1.54) is 18.3 Å². The molecule has 9 nitrogen and oxygen atoms in total. The lowest BCUT2D eigenvalue weighted by Gasteiger charge is -2.13. The van der Waals surface area contributed by atoms with Crippen molar-refractivity contribution in [2.75, 3.05) is 0 Å². The molecule has 2 amide bonds. The van der Waals surface area contributed by atoms with Gasteiger partial charge in [-0.15, -0.1) is 0 Å². The molecule has 3 aromatic rings. The molecule has 0 aliphatic rings. The maximum atomic E-state index is 13.9. The van der Waals surface area contributed by atoms with Crippen molar-refractivity contribution in [3.05, 3.63) is 58.5 Å². The number of hydrogen-bond acceptors (Lipinski definition) is 5. The molecule has 0 bridgehead atoms. The van der Waals surface area contributed by atoms with Crippen LogP contribution in [0.5, 0.6) is 0 Å². The van der Waals surface area contributed by atoms with Crippen molar-refractivity contribution in [2.24, 2.45) is 5.73 Å². The summed E-state index contributed by atoms with van der Waals surface area (Å²) in [6, 6.07) is 5.71. The molecule has 29 heavy (non-hydrogen) atoms. The fourth-order valence-corrected chi connectivity index (χ4v) is 2.88. The lowest BCUT2D eigenvalue weighted by atomic mass is 10.1. The van der Waals surface area contributed by atoms with Crippen molar-refractivity contribution < 1.29 is 14.0 Å². The summed E-state index contributed by atoms with van der Waals surface area (Å²) in [4.78, 5) is 29.5. The van der Waals surface area contributed by atoms with Crippen LogP contribution in [-0.4, -0.2) is 37.6 Å². The zero-order valence-electron chi connectivity index (χ0n) is 15.1. The van der Waals surface area contributed by atoms with Crippen LogP contribution < -0.4 is 11.1 Å². The Morgan fingerprint density at radius 1 is 1.48 bits per heavy atom. The summed E-state index contributed by atoms with van der Waals surface area (Å²) in [5.74, 6) is -2.04. The number of carbonyl (C=O) groups is 2. The quantitative estimate of drug-likeness (QED) is 0.563. The van der Waals surface area contributed by atoms with Crippen LogP contribution in [0.1, 0.15) is 33.6 Å². The summed E-state index contributed by atoms with van der Waals surface area (Å²) >= 11 is 5.93. The molecule has 0 saturated heterocycles. The largest absolute Gasteiger partial charge is 0.363 e. The number of amides is 2.